The molecule has 10 aromatic rings. The van der Waals surface area contributed by atoms with Gasteiger partial charge in [0.1, 0.15) is 22.3 Å². The predicted molar refractivity (Wildman–Crippen MR) is 408 cm³/mol. The second-order valence-electron chi connectivity index (χ2n) is 26.5. The molecule has 4 heteroatoms. The molecule has 0 fully saturated rings. The molecule has 0 N–H and O–H groups in total. The summed E-state index contributed by atoms with van der Waals surface area (Å²) >= 11 is 3.67. The van der Waals surface area contributed by atoms with Crippen LogP contribution in [0.15, 0.2) is 106 Å². The number of hydrogen-bond acceptors (Lipinski definition) is 4. The molecule has 484 valence electrons. The van der Waals surface area contributed by atoms with Crippen LogP contribution in [0.2, 0.25) is 0 Å². The Hall–Kier alpha value is -6.40. The Morgan fingerprint density at radius 2 is 0.522 bits per heavy atom. The van der Waals surface area contributed by atoms with Crippen LogP contribution < -0.4 is 0 Å². The normalized spacial score (nSPS) is 11.3. The molecule has 0 bridgehead atoms. The van der Waals surface area contributed by atoms with Gasteiger partial charge in [-0.25, -0.2) is 0 Å². The molecule has 0 radical (unpaired) electrons. The van der Waals surface area contributed by atoms with Gasteiger partial charge in [-0.1, -0.05) is 281 Å². The Bertz CT molecular complexity index is 3690. The summed E-state index contributed by atoms with van der Waals surface area (Å²) in [5.41, 5.74) is 5.56. The SMILES string of the molecule is CCCCCCCCCCCC#Cc1cc2cc3cc4cc5sc(C#CCCCCCCCCCCC)cc5cc4cc3cc2s1.CCCCCCCCCCCC#Cc1ccc2c(c1)oc1cc3c(cc12)oc1cc(C#CCCCCCCCCCCC)ccc13. The lowest BCUT2D eigenvalue weighted by molar-refractivity contribution is 0.567. The Morgan fingerprint density at radius 1 is 0.250 bits per heavy atom. The summed E-state index contributed by atoms with van der Waals surface area (Å²) in [7, 11) is 0. The summed E-state index contributed by atoms with van der Waals surface area (Å²) in [4.78, 5) is 2.38. The summed E-state index contributed by atoms with van der Waals surface area (Å²) in [6.07, 6.45) is 52.7. The summed E-state index contributed by atoms with van der Waals surface area (Å²) in [5, 5.41) is 12.2. The van der Waals surface area contributed by atoms with E-state index >= 15 is 0 Å². The lowest BCUT2D eigenvalue weighted by atomic mass is 10.0. The molecule has 92 heavy (non-hydrogen) atoms. The Kier molecular flexibility index (Phi) is 30.4. The quantitative estimate of drug-likeness (QED) is 0.0222. The van der Waals surface area contributed by atoms with Crippen molar-refractivity contribution in [2.45, 2.75) is 285 Å². The second kappa shape index (κ2) is 40.0. The van der Waals surface area contributed by atoms with Gasteiger partial charge >= 0.3 is 0 Å². The van der Waals surface area contributed by atoms with Crippen LogP contribution >= 0.6 is 22.7 Å². The predicted octanol–water partition coefficient (Wildman–Crippen LogP) is 29.0. The van der Waals surface area contributed by atoms with Crippen LogP contribution in [0, 0.1) is 47.4 Å². The number of furan rings is 2. The molecule has 6 aromatic carbocycles. The Labute approximate surface area is 563 Å². The number of fused-ring (bicyclic) bond motifs is 10. The fourth-order valence-electron chi connectivity index (χ4n) is 13.1. The van der Waals surface area contributed by atoms with Crippen molar-refractivity contribution in [1.29, 1.82) is 0 Å². The lowest BCUT2D eigenvalue weighted by Gasteiger charge is -2.03. The van der Waals surface area contributed by atoms with Crippen LogP contribution in [0.4, 0.5) is 0 Å². The van der Waals surface area contributed by atoms with E-state index in [1.54, 1.807) is 0 Å². The van der Waals surface area contributed by atoms with E-state index in [0.717, 1.165) is 80.7 Å². The molecule has 4 heterocycles. The number of thiophene rings is 2. The van der Waals surface area contributed by atoms with E-state index in [9.17, 15) is 0 Å². The third-order valence-corrected chi connectivity index (χ3v) is 20.7. The van der Waals surface area contributed by atoms with Gasteiger partial charge in [-0.05, 0) is 155 Å². The van der Waals surface area contributed by atoms with Crippen LogP contribution in [0.5, 0.6) is 0 Å². The van der Waals surface area contributed by atoms with Crippen molar-refractivity contribution in [3.63, 3.8) is 0 Å². The minimum Gasteiger partial charge on any atom is -0.456 e. The monoisotopic (exact) mass is 1260 g/mol. The maximum Gasteiger partial charge on any atom is 0.136 e. The summed E-state index contributed by atoms with van der Waals surface area (Å²) in [6, 6.07) is 35.7. The lowest BCUT2D eigenvalue weighted by Crippen LogP contribution is -1.81. The third kappa shape index (κ3) is 22.4. The van der Waals surface area contributed by atoms with Gasteiger partial charge in [-0.15, -0.1) is 22.7 Å². The molecule has 0 atom stereocenters. The molecule has 2 nitrogen and oxygen atoms in total. The highest BCUT2D eigenvalue weighted by atomic mass is 32.1. The number of benzene rings is 6. The molecule has 0 amide bonds. The molecule has 0 spiro atoms. The van der Waals surface area contributed by atoms with Crippen molar-refractivity contribution < 1.29 is 8.83 Å². The van der Waals surface area contributed by atoms with Gasteiger partial charge in [0.15, 0.2) is 0 Å². The third-order valence-electron chi connectivity index (χ3n) is 18.6. The van der Waals surface area contributed by atoms with Crippen LogP contribution in [0.3, 0.4) is 0 Å². The van der Waals surface area contributed by atoms with Crippen LogP contribution in [0.1, 0.15) is 305 Å². The molecule has 0 saturated carbocycles. The highest BCUT2D eigenvalue weighted by Gasteiger charge is 2.15. The fraction of sp³-hybridized carbons (Fsp3) is 0.500. The van der Waals surface area contributed by atoms with Gasteiger partial charge in [-0.3, -0.25) is 0 Å². The zero-order valence-corrected chi connectivity index (χ0v) is 58.8. The highest BCUT2D eigenvalue weighted by molar-refractivity contribution is 7.20. The molecule has 0 aliphatic rings. The topological polar surface area (TPSA) is 26.3 Å². The van der Waals surface area contributed by atoms with Crippen molar-refractivity contribution in [2.75, 3.05) is 0 Å². The zero-order valence-electron chi connectivity index (χ0n) is 57.2. The standard InChI is InChI=1S/C44H54O2.C44H54S2/c1-3-5-7-9-11-13-15-17-19-21-23-25-35-27-29-37-39-33-44-40(34-43(39)45-41(37)31-35)38-30-28-36(32-42(38)46-44)26-24-22-20-18-16-14-12-10-8-6-4-2;1-3-5-7-9-11-13-15-17-19-21-23-25-41-31-39-29-35-27-38-34-44-40(30-36(38)28-37(35)33-43(39)45-41)32-42(46-44)26-24-22-20-18-16-14-12-10-8-6-4-2/h2*27-34H,3-22H2,1-2H3. The van der Waals surface area contributed by atoms with Crippen molar-refractivity contribution in [3.8, 4) is 47.4 Å². The molecule has 10 rings (SSSR count). The number of rotatable bonds is 36. The van der Waals surface area contributed by atoms with Gasteiger partial charge in [0, 0.05) is 67.8 Å². The van der Waals surface area contributed by atoms with E-state index in [0.29, 0.717) is 0 Å². The van der Waals surface area contributed by atoms with Crippen LogP contribution in [-0.2, 0) is 0 Å². The highest BCUT2D eigenvalue weighted by Crippen LogP contribution is 2.39. The van der Waals surface area contributed by atoms with Crippen LogP contribution in [-0.4, -0.2) is 0 Å². The maximum absolute atomic E-state index is 6.34. The first-order valence-corrected chi connectivity index (χ1v) is 38.8. The summed E-state index contributed by atoms with van der Waals surface area (Å²) in [6.45, 7) is 9.13. The van der Waals surface area contributed by atoms with E-state index in [2.05, 4.69) is 172 Å². The number of unbranched alkanes of at least 4 members (excludes halogenated alkanes) is 36. The van der Waals surface area contributed by atoms with Crippen molar-refractivity contribution >= 4 is 108 Å². The molecule has 4 aromatic heterocycles. The fourth-order valence-corrected chi connectivity index (χ4v) is 15.1. The summed E-state index contributed by atoms with van der Waals surface area (Å²) < 4.78 is 15.3. The average molecular weight is 1260 g/mol. The van der Waals surface area contributed by atoms with Crippen molar-refractivity contribution in [3.05, 3.63) is 118 Å². The first-order chi connectivity index (χ1) is 45.5. The first-order valence-electron chi connectivity index (χ1n) is 37.1. The first kappa shape index (κ1) is 69.9. The van der Waals surface area contributed by atoms with E-state index in [1.807, 2.05) is 22.7 Å². The van der Waals surface area contributed by atoms with Gasteiger partial charge in [0.2, 0.25) is 0 Å². The van der Waals surface area contributed by atoms with Gasteiger partial charge in [0.25, 0.3) is 0 Å². The van der Waals surface area contributed by atoms with E-state index in [-0.39, 0.29) is 0 Å². The van der Waals surface area contributed by atoms with E-state index in [4.69, 9.17) is 8.83 Å². The molecule has 0 unspecified atom stereocenters. The smallest absolute Gasteiger partial charge is 0.136 e. The van der Waals surface area contributed by atoms with Gasteiger partial charge in [0.05, 0.1) is 9.75 Å². The average Bonchev–Trinajstić information content (AvgIpc) is 1.58. The second-order valence-corrected chi connectivity index (χ2v) is 28.7. The van der Waals surface area contributed by atoms with Crippen molar-refractivity contribution in [2.24, 2.45) is 0 Å². The van der Waals surface area contributed by atoms with Crippen molar-refractivity contribution in [1.82, 2.24) is 0 Å². The Balaban J connectivity index is 0.000000217. The van der Waals surface area contributed by atoms with E-state index < -0.39 is 0 Å². The number of hydrogen-bond donors (Lipinski definition) is 0. The molecular weight excluding hydrogens is 1150 g/mol. The molecule has 0 aliphatic heterocycles. The van der Waals surface area contributed by atoms with Crippen LogP contribution in [0.25, 0.3) is 85.6 Å². The molecule has 0 aliphatic carbocycles. The van der Waals surface area contributed by atoms with E-state index in [1.165, 1.54) is 283 Å². The zero-order chi connectivity index (χ0) is 63.6. The minimum atomic E-state index is 0.881. The largest absolute Gasteiger partial charge is 0.456 e. The molecular formula is C88H108O2S2. The van der Waals surface area contributed by atoms with Gasteiger partial charge in [-0.2, -0.15) is 0 Å². The minimum absolute atomic E-state index is 0.881. The maximum atomic E-state index is 6.34. The van der Waals surface area contributed by atoms with Gasteiger partial charge < -0.3 is 8.83 Å². The molecule has 0 saturated heterocycles. The summed E-state index contributed by atoms with van der Waals surface area (Å²) in [5.74, 6) is 27.3. The Morgan fingerprint density at radius 3 is 0.848 bits per heavy atom.